The fourth-order valence-electron chi connectivity index (χ4n) is 4.87. The van der Waals surface area contributed by atoms with Gasteiger partial charge in [-0.3, -0.25) is 9.59 Å². The second kappa shape index (κ2) is 16.2. The van der Waals surface area contributed by atoms with Crippen molar-refractivity contribution < 1.29 is 28.0 Å². The van der Waals surface area contributed by atoms with E-state index in [1.54, 1.807) is 24.0 Å². The number of rotatable bonds is 16. The lowest BCUT2D eigenvalue weighted by molar-refractivity contribution is 0.0755. The lowest BCUT2D eigenvalue weighted by atomic mass is 9.99. The van der Waals surface area contributed by atoms with Crippen molar-refractivity contribution in [3.8, 4) is 0 Å². The molecule has 9 nitrogen and oxygen atoms in total. The van der Waals surface area contributed by atoms with E-state index in [1.807, 2.05) is 27.7 Å². The normalized spacial score (nSPS) is 12.8. The molecular formula is C32H43F2N5O4. The van der Waals surface area contributed by atoms with Gasteiger partial charge in [0.2, 0.25) is 5.89 Å². The van der Waals surface area contributed by atoms with Crippen molar-refractivity contribution in [2.45, 2.75) is 79.0 Å². The molecule has 0 bridgehead atoms. The van der Waals surface area contributed by atoms with Gasteiger partial charge in [0, 0.05) is 43.2 Å². The molecule has 43 heavy (non-hydrogen) atoms. The van der Waals surface area contributed by atoms with Crippen LogP contribution >= 0.6 is 0 Å². The van der Waals surface area contributed by atoms with Crippen LogP contribution in [0.4, 0.5) is 8.78 Å². The van der Waals surface area contributed by atoms with Crippen molar-refractivity contribution in [1.29, 1.82) is 0 Å². The first-order chi connectivity index (χ1) is 20.5. The molecule has 11 heteroatoms. The van der Waals surface area contributed by atoms with Gasteiger partial charge in [0.25, 0.3) is 11.8 Å². The number of aliphatic hydroxyl groups is 1. The molecule has 0 spiro atoms. The van der Waals surface area contributed by atoms with Gasteiger partial charge in [0.15, 0.2) is 5.82 Å². The average Bonchev–Trinajstić information content (AvgIpc) is 3.37. The van der Waals surface area contributed by atoms with Crippen LogP contribution in [0, 0.1) is 24.5 Å². The van der Waals surface area contributed by atoms with E-state index in [2.05, 4.69) is 20.8 Å². The molecule has 0 aliphatic carbocycles. The average molecular weight is 600 g/mol. The second-order valence-corrected chi connectivity index (χ2v) is 11.3. The highest BCUT2D eigenvalue weighted by Crippen LogP contribution is 2.16. The van der Waals surface area contributed by atoms with Gasteiger partial charge in [-0.05, 0) is 73.6 Å². The first-order valence-corrected chi connectivity index (χ1v) is 14.9. The van der Waals surface area contributed by atoms with Gasteiger partial charge in [-0.15, -0.1) is 0 Å². The number of aromatic nitrogens is 2. The summed E-state index contributed by atoms with van der Waals surface area (Å²) in [5, 5.41) is 20.9. The first kappa shape index (κ1) is 33.8. The molecule has 3 rings (SSSR count). The minimum atomic E-state index is -1.15. The molecule has 0 radical (unpaired) electrons. The number of carbonyl (C=O) groups is 2. The van der Waals surface area contributed by atoms with Gasteiger partial charge in [-0.2, -0.15) is 4.98 Å². The summed E-state index contributed by atoms with van der Waals surface area (Å²) in [7, 11) is 0. The third kappa shape index (κ3) is 10.5. The second-order valence-electron chi connectivity index (χ2n) is 11.3. The molecule has 0 aliphatic heterocycles. The number of benzene rings is 2. The standard InChI is InChI=1S/C32H43F2N5O4/c1-6-8-39(9-7-2)32(42)24-12-21(5)11-23(16-24)31(41)36-27(15-22-13-25(33)17-26(34)14-22)28(40)18-35-19-30-37-29(38-43-30)10-20(3)4/h11-14,16-17,20,27-28,35,40H,6-10,15,18-19H2,1-5H3,(H,36,41)/t27-,28+/m0/s1. The molecular weight excluding hydrogens is 556 g/mol. The Morgan fingerprint density at radius 1 is 0.977 bits per heavy atom. The van der Waals surface area contributed by atoms with Crippen molar-refractivity contribution in [3.63, 3.8) is 0 Å². The topological polar surface area (TPSA) is 121 Å². The van der Waals surface area contributed by atoms with Crippen molar-refractivity contribution in [2.75, 3.05) is 19.6 Å². The smallest absolute Gasteiger partial charge is 0.253 e. The Bertz CT molecular complexity index is 1340. The molecule has 2 aromatic carbocycles. The molecule has 3 N–H and O–H groups in total. The fourth-order valence-corrected chi connectivity index (χ4v) is 4.87. The van der Waals surface area contributed by atoms with E-state index < -0.39 is 29.7 Å². The number of aliphatic hydroxyl groups excluding tert-OH is 1. The monoisotopic (exact) mass is 599 g/mol. The minimum Gasteiger partial charge on any atom is -0.390 e. The number of amides is 2. The Balaban J connectivity index is 1.78. The number of hydrogen-bond acceptors (Lipinski definition) is 7. The summed E-state index contributed by atoms with van der Waals surface area (Å²) < 4.78 is 33.2. The number of nitrogens with one attached hydrogen (secondary N) is 2. The Morgan fingerprint density at radius 3 is 2.26 bits per heavy atom. The molecule has 2 amide bonds. The number of halogens is 2. The highest BCUT2D eigenvalue weighted by molar-refractivity contribution is 6.00. The van der Waals surface area contributed by atoms with E-state index in [-0.39, 0.29) is 36.5 Å². The quantitative estimate of drug-likeness (QED) is 0.220. The van der Waals surface area contributed by atoms with Crippen LogP contribution in [-0.4, -0.2) is 63.7 Å². The molecule has 3 aromatic rings. The van der Waals surface area contributed by atoms with Crippen molar-refractivity contribution in [3.05, 3.63) is 82.0 Å². The van der Waals surface area contributed by atoms with Crippen molar-refractivity contribution >= 4 is 11.8 Å². The van der Waals surface area contributed by atoms with E-state index >= 15 is 0 Å². The van der Waals surface area contributed by atoms with Crippen molar-refractivity contribution in [2.24, 2.45) is 5.92 Å². The van der Waals surface area contributed by atoms with E-state index in [4.69, 9.17) is 4.52 Å². The van der Waals surface area contributed by atoms with Crippen LogP contribution in [0.3, 0.4) is 0 Å². The molecule has 1 heterocycles. The lowest BCUT2D eigenvalue weighted by Gasteiger charge is -2.25. The van der Waals surface area contributed by atoms with Crippen molar-refractivity contribution in [1.82, 2.24) is 25.7 Å². The molecule has 0 unspecified atom stereocenters. The maximum absolute atomic E-state index is 14.0. The zero-order chi connectivity index (χ0) is 31.5. The van der Waals surface area contributed by atoms with Gasteiger partial charge in [0.05, 0.1) is 18.7 Å². The number of nitrogens with zero attached hydrogens (tertiary/aromatic N) is 3. The Hall–Kier alpha value is -3.70. The molecule has 0 aliphatic rings. The summed E-state index contributed by atoms with van der Waals surface area (Å²) in [4.78, 5) is 32.8. The van der Waals surface area contributed by atoms with Crippen LogP contribution in [0.5, 0.6) is 0 Å². The van der Waals surface area contributed by atoms with Crippen LogP contribution in [-0.2, 0) is 19.4 Å². The van der Waals surface area contributed by atoms with E-state index in [1.165, 1.54) is 6.07 Å². The lowest BCUT2D eigenvalue weighted by Crippen LogP contribution is -2.48. The summed E-state index contributed by atoms with van der Waals surface area (Å²) >= 11 is 0. The fraction of sp³-hybridized carbons (Fsp3) is 0.500. The summed E-state index contributed by atoms with van der Waals surface area (Å²) in [5.74, 6) is -0.881. The maximum atomic E-state index is 14.0. The third-order valence-corrected chi connectivity index (χ3v) is 6.75. The van der Waals surface area contributed by atoms with E-state index in [0.29, 0.717) is 42.7 Å². The summed E-state index contributed by atoms with van der Waals surface area (Å²) in [5.41, 5.74) is 1.64. The Labute approximate surface area is 252 Å². The van der Waals surface area contributed by atoms with Gasteiger partial charge < -0.3 is 25.2 Å². The zero-order valence-corrected chi connectivity index (χ0v) is 25.6. The predicted molar refractivity (Wildman–Crippen MR) is 160 cm³/mol. The van der Waals surface area contributed by atoms with Crippen LogP contribution in [0.1, 0.15) is 84.1 Å². The van der Waals surface area contributed by atoms with Crippen LogP contribution in [0.25, 0.3) is 0 Å². The highest BCUT2D eigenvalue weighted by Gasteiger charge is 2.25. The maximum Gasteiger partial charge on any atom is 0.253 e. The van der Waals surface area contributed by atoms with E-state index in [0.717, 1.165) is 36.6 Å². The first-order valence-electron chi connectivity index (χ1n) is 14.9. The molecule has 1 aromatic heterocycles. The summed E-state index contributed by atoms with van der Waals surface area (Å²) in [6, 6.07) is 7.11. The van der Waals surface area contributed by atoms with Gasteiger partial charge >= 0.3 is 0 Å². The highest BCUT2D eigenvalue weighted by atomic mass is 19.1. The zero-order valence-electron chi connectivity index (χ0n) is 25.6. The van der Waals surface area contributed by atoms with E-state index in [9.17, 15) is 23.5 Å². The third-order valence-electron chi connectivity index (χ3n) is 6.75. The van der Waals surface area contributed by atoms with Crippen LogP contribution in [0.15, 0.2) is 40.9 Å². The molecule has 2 atom stereocenters. The number of aryl methyl sites for hydroxylation is 1. The van der Waals surface area contributed by atoms with Crippen LogP contribution < -0.4 is 10.6 Å². The predicted octanol–water partition coefficient (Wildman–Crippen LogP) is 4.61. The minimum absolute atomic E-state index is 0.0190. The molecule has 0 fully saturated rings. The number of hydrogen-bond donors (Lipinski definition) is 3. The Kier molecular flexibility index (Phi) is 12.8. The largest absolute Gasteiger partial charge is 0.390 e. The van der Waals surface area contributed by atoms with Crippen LogP contribution in [0.2, 0.25) is 0 Å². The van der Waals surface area contributed by atoms with Gasteiger partial charge in [-0.1, -0.05) is 32.9 Å². The SMILES string of the molecule is CCCN(CCC)C(=O)c1cc(C)cc(C(=O)N[C@@H](Cc2cc(F)cc(F)c2)[C@H](O)CNCc2nc(CC(C)C)no2)c1. The Morgan fingerprint density at radius 2 is 1.63 bits per heavy atom. The van der Waals surface area contributed by atoms with Gasteiger partial charge in [-0.25, -0.2) is 8.78 Å². The number of carbonyl (C=O) groups excluding carboxylic acids is 2. The molecule has 0 saturated heterocycles. The molecule has 0 saturated carbocycles. The van der Waals surface area contributed by atoms with Gasteiger partial charge in [0.1, 0.15) is 11.6 Å². The summed E-state index contributed by atoms with van der Waals surface area (Å²) in [6.45, 7) is 11.3. The molecule has 234 valence electrons. The summed E-state index contributed by atoms with van der Waals surface area (Å²) in [6.07, 6.45) is 1.10.